The number of hydrogen-bond donors (Lipinski definition) is 1. The van der Waals surface area contributed by atoms with E-state index in [1.807, 2.05) is 0 Å². The lowest BCUT2D eigenvalue weighted by atomic mass is 9.68. The van der Waals surface area contributed by atoms with Crippen LogP contribution >= 0.6 is 0 Å². The molecule has 2 nitrogen and oxygen atoms in total. The summed E-state index contributed by atoms with van der Waals surface area (Å²) in [7, 11) is 0. The summed E-state index contributed by atoms with van der Waals surface area (Å²) in [4.78, 5) is 0. The first-order valence-corrected chi connectivity index (χ1v) is 7.21. The van der Waals surface area contributed by atoms with Crippen LogP contribution in [0.25, 0.3) is 0 Å². The van der Waals surface area contributed by atoms with E-state index in [2.05, 4.69) is 18.6 Å². The van der Waals surface area contributed by atoms with Crippen molar-refractivity contribution < 1.29 is 17.9 Å². The largest absolute Gasteiger partial charge is 0.573 e. The van der Waals surface area contributed by atoms with Crippen molar-refractivity contribution in [3.8, 4) is 5.75 Å². The first kappa shape index (κ1) is 16.1. The second-order valence-electron chi connectivity index (χ2n) is 6.90. The van der Waals surface area contributed by atoms with E-state index < -0.39 is 6.36 Å². The molecular weight excluding hydrogens is 279 g/mol. The molecule has 0 aromatic heterocycles. The van der Waals surface area contributed by atoms with Gasteiger partial charge in [0.2, 0.25) is 0 Å². The third-order valence-electron chi connectivity index (χ3n) is 4.31. The molecule has 21 heavy (non-hydrogen) atoms. The second-order valence-corrected chi connectivity index (χ2v) is 6.90. The Morgan fingerprint density at radius 2 is 1.57 bits per heavy atom. The molecular formula is C16H22F3NO. The van der Waals surface area contributed by atoms with Gasteiger partial charge in [-0.1, -0.05) is 26.0 Å². The van der Waals surface area contributed by atoms with Crippen LogP contribution in [0.5, 0.6) is 5.75 Å². The molecule has 2 rings (SSSR count). The zero-order valence-electron chi connectivity index (χ0n) is 12.5. The molecule has 1 aliphatic rings. The van der Waals surface area contributed by atoms with Crippen LogP contribution in [-0.4, -0.2) is 11.9 Å². The minimum Gasteiger partial charge on any atom is -0.406 e. The van der Waals surface area contributed by atoms with Gasteiger partial charge >= 0.3 is 6.36 Å². The minimum absolute atomic E-state index is 0.193. The third kappa shape index (κ3) is 4.92. The molecule has 1 aromatic rings. The van der Waals surface area contributed by atoms with Crippen molar-refractivity contribution in [3.05, 3.63) is 29.8 Å². The number of alkyl halides is 3. The normalized spacial score (nSPS) is 21.0. The molecule has 0 atom stereocenters. The summed E-state index contributed by atoms with van der Waals surface area (Å²) in [6.07, 6.45) is 0.0973. The number of nitrogens with two attached hydrogens (primary N) is 1. The summed E-state index contributed by atoms with van der Waals surface area (Å²) in [5.74, 6) is -0.193. The van der Waals surface area contributed by atoms with Crippen LogP contribution in [0.2, 0.25) is 0 Å². The molecule has 0 spiro atoms. The van der Waals surface area contributed by atoms with E-state index in [0.717, 1.165) is 31.2 Å². The average Bonchev–Trinajstić information content (AvgIpc) is 2.35. The maximum Gasteiger partial charge on any atom is 0.573 e. The molecule has 1 aromatic carbocycles. The van der Waals surface area contributed by atoms with Gasteiger partial charge in [-0.05, 0) is 55.2 Å². The minimum atomic E-state index is -4.65. The lowest BCUT2D eigenvalue weighted by molar-refractivity contribution is -0.274. The van der Waals surface area contributed by atoms with Gasteiger partial charge in [-0.15, -0.1) is 13.2 Å². The first-order chi connectivity index (χ1) is 9.57. The number of ether oxygens (including phenoxy) is 1. The highest BCUT2D eigenvalue weighted by atomic mass is 19.4. The lowest BCUT2D eigenvalue weighted by Gasteiger charge is -2.41. The summed E-state index contributed by atoms with van der Waals surface area (Å²) >= 11 is 0. The average molecular weight is 301 g/mol. The van der Waals surface area contributed by atoms with E-state index in [4.69, 9.17) is 5.73 Å². The molecule has 1 fully saturated rings. The van der Waals surface area contributed by atoms with Crippen molar-refractivity contribution in [1.29, 1.82) is 0 Å². The summed E-state index contributed by atoms with van der Waals surface area (Å²) < 4.78 is 40.2. The van der Waals surface area contributed by atoms with Crippen LogP contribution in [0.3, 0.4) is 0 Å². The van der Waals surface area contributed by atoms with E-state index in [1.54, 1.807) is 12.1 Å². The molecule has 0 bridgehead atoms. The van der Waals surface area contributed by atoms with Crippen LogP contribution in [0.1, 0.15) is 45.1 Å². The third-order valence-corrected chi connectivity index (χ3v) is 4.31. The van der Waals surface area contributed by atoms with Gasteiger partial charge in [0, 0.05) is 5.54 Å². The van der Waals surface area contributed by atoms with E-state index in [0.29, 0.717) is 11.8 Å². The zero-order valence-corrected chi connectivity index (χ0v) is 12.5. The molecule has 0 amide bonds. The topological polar surface area (TPSA) is 35.2 Å². The molecule has 0 aliphatic heterocycles. The van der Waals surface area contributed by atoms with Crippen molar-refractivity contribution in [2.45, 2.75) is 57.9 Å². The van der Waals surface area contributed by atoms with Crippen LogP contribution in [0, 0.1) is 5.41 Å². The van der Waals surface area contributed by atoms with E-state index in [-0.39, 0.29) is 11.3 Å². The van der Waals surface area contributed by atoms with Gasteiger partial charge < -0.3 is 10.5 Å². The Morgan fingerprint density at radius 3 is 2.05 bits per heavy atom. The van der Waals surface area contributed by atoms with Gasteiger partial charge in [0.25, 0.3) is 0 Å². The van der Waals surface area contributed by atoms with E-state index in [1.165, 1.54) is 12.1 Å². The summed E-state index contributed by atoms with van der Waals surface area (Å²) in [5, 5.41) is 0. The molecule has 1 saturated carbocycles. The monoisotopic (exact) mass is 301 g/mol. The van der Waals surface area contributed by atoms with Crippen molar-refractivity contribution >= 4 is 0 Å². The van der Waals surface area contributed by atoms with Gasteiger partial charge in [-0.2, -0.15) is 0 Å². The molecule has 0 unspecified atom stereocenters. The molecule has 2 N–H and O–H groups in total. The molecule has 0 radical (unpaired) electrons. The predicted molar refractivity (Wildman–Crippen MR) is 76.0 cm³/mol. The van der Waals surface area contributed by atoms with Crippen molar-refractivity contribution in [2.75, 3.05) is 0 Å². The molecule has 0 heterocycles. The molecule has 5 heteroatoms. The Labute approximate surface area is 123 Å². The highest BCUT2D eigenvalue weighted by Crippen LogP contribution is 2.40. The second kappa shape index (κ2) is 5.52. The highest BCUT2D eigenvalue weighted by molar-refractivity contribution is 5.28. The fourth-order valence-corrected chi connectivity index (χ4v) is 2.82. The van der Waals surface area contributed by atoms with Crippen molar-refractivity contribution in [3.63, 3.8) is 0 Å². The fourth-order valence-electron chi connectivity index (χ4n) is 2.82. The van der Waals surface area contributed by atoms with E-state index in [9.17, 15) is 13.2 Å². The molecule has 118 valence electrons. The summed E-state index contributed by atoms with van der Waals surface area (Å²) in [6.45, 7) is 4.49. The van der Waals surface area contributed by atoms with Crippen LogP contribution in [-0.2, 0) is 6.42 Å². The maximum absolute atomic E-state index is 12.1. The first-order valence-electron chi connectivity index (χ1n) is 7.21. The Balaban J connectivity index is 1.97. The molecule has 1 aliphatic carbocycles. The van der Waals surface area contributed by atoms with Crippen LogP contribution in [0.15, 0.2) is 24.3 Å². The Hall–Kier alpha value is -1.23. The van der Waals surface area contributed by atoms with E-state index >= 15 is 0 Å². The lowest BCUT2D eigenvalue weighted by Crippen LogP contribution is -2.46. The van der Waals surface area contributed by atoms with Gasteiger partial charge in [-0.25, -0.2) is 0 Å². The van der Waals surface area contributed by atoms with Crippen molar-refractivity contribution in [2.24, 2.45) is 11.1 Å². The number of rotatable bonds is 3. The van der Waals surface area contributed by atoms with Crippen LogP contribution in [0.4, 0.5) is 13.2 Å². The van der Waals surface area contributed by atoms with Crippen LogP contribution < -0.4 is 10.5 Å². The number of hydrogen-bond acceptors (Lipinski definition) is 2. The Morgan fingerprint density at radius 1 is 1.05 bits per heavy atom. The smallest absolute Gasteiger partial charge is 0.406 e. The van der Waals surface area contributed by atoms with Gasteiger partial charge in [-0.3, -0.25) is 0 Å². The fraction of sp³-hybridized carbons (Fsp3) is 0.625. The van der Waals surface area contributed by atoms with Gasteiger partial charge in [0.05, 0.1) is 0 Å². The standard InChI is InChI=1S/C16H22F3NO/c1-14(2)7-9-15(20,10-8-14)11-12-3-5-13(6-4-12)21-16(17,18)19/h3-6H,7-11,20H2,1-2H3. The Kier molecular flexibility index (Phi) is 4.24. The highest BCUT2D eigenvalue weighted by Gasteiger charge is 2.35. The van der Waals surface area contributed by atoms with Gasteiger partial charge in [0.15, 0.2) is 0 Å². The Bertz CT molecular complexity index is 469. The summed E-state index contributed by atoms with van der Waals surface area (Å²) in [6, 6.07) is 6.02. The number of benzene rings is 1. The SMILES string of the molecule is CC1(C)CCC(N)(Cc2ccc(OC(F)(F)F)cc2)CC1. The number of halogens is 3. The van der Waals surface area contributed by atoms with Gasteiger partial charge in [0.1, 0.15) is 5.75 Å². The quantitative estimate of drug-likeness (QED) is 0.896. The predicted octanol–water partition coefficient (Wildman–Crippen LogP) is 4.43. The maximum atomic E-state index is 12.1. The summed E-state index contributed by atoms with van der Waals surface area (Å²) in [5.41, 5.74) is 7.48. The molecule has 0 saturated heterocycles. The zero-order chi connectivity index (χ0) is 15.7. The van der Waals surface area contributed by atoms with Crippen molar-refractivity contribution in [1.82, 2.24) is 0 Å².